The van der Waals surface area contributed by atoms with Crippen LogP contribution >= 0.6 is 11.3 Å². The van der Waals surface area contributed by atoms with Crippen LogP contribution in [0.5, 0.6) is 0 Å². The van der Waals surface area contributed by atoms with Gasteiger partial charge in [-0.05, 0) is 24.7 Å². The first kappa shape index (κ1) is 11.8. The summed E-state index contributed by atoms with van der Waals surface area (Å²) in [5.41, 5.74) is 0. The van der Waals surface area contributed by atoms with Gasteiger partial charge in [0.15, 0.2) is 10.9 Å². The number of ketones is 1. The average molecular weight is 264 g/mol. The van der Waals surface area contributed by atoms with Crippen LogP contribution < -0.4 is 5.32 Å². The third-order valence-electron chi connectivity index (χ3n) is 4.04. The van der Waals surface area contributed by atoms with Gasteiger partial charge in [-0.3, -0.25) is 9.59 Å². The van der Waals surface area contributed by atoms with Crippen molar-refractivity contribution in [1.29, 1.82) is 0 Å². The Bertz CT molecular complexity index is 485. The molecular formula is C13H16N2O2S. The molecule has 0 radical (unpaired) electrons. The SMILES string of the molecule is CC(=O)c1cnc(NC(=O)C2C3CCCCC32)s1. The molecule has 0 aliphatic heterocycles. The molecule has 0 bridgehead atoms. The molecule has 18 heavy (non-hydrogen) atoms. The number of thiazole rings is 1. The largest absolute Gasteiger partial charge is 0.302 e. The van der Waals surface area contributed by atoms with Crippen molar-refractivity contribution in [2.24, 2.45) is 17.8 Å². The normalized spacial score (nSPS) is 29.5. The van der Waals surface area contributed by atoms with Crippen LogP contribution in [0.25, 0.3) is 0 Å². The van der Waals surface area contributed by atoms with Crippen molar-refractivity contribution < 1.29 is 9.59 Å². The van der Waals surface area contributed by atoms with Crippen LogP contribution in [-0.2, 0) is 4.79 Å². The summed E-state index contributed by atoms with van der Waals surface area (Å²) in [5.74, 6) is 1.48. The number of rotatable bonds is 3. The monoisotopic (exact) mass is 264 g/mol. The minimum Gasteiger partial charge on any atom is -0.302 e. The number of anilines is 1. The van der Waals surface area contributed by atoms with E-state index in [1.807, 2.05) is 0 Å². The fourth-order valence-electron chi connectivity index (χ4n) is 3.06. The van der Waals surface area contributed by atoms with Crippen molar-refractivity contribution in [2.75, 3.05) is 5.32 Å². The van der Waals surface area contributed by atoms with Crippen molar-refractivity contribution >= 4 is 28.2 Å². The van der Waals surface area contributed by atoms with Gasteiger partial charge in [-0.1, -0.05) is 24.2 Å². The van der Waals surface area contributed by atoms with Gasteiger partial charge in [0.25, 0.3) is 0 Å². The second-order valence-corrected chi connectivity index (χ2v) is 6.24. The fraction of sp³-hybridized carbons (Fsp3) is 0.615. The number of aromatic nitrogens is 1. The number of amides is 1. The highest BCUT2D eigenvalue weighted by molar-refractivity contribution is 7.17. The lowest BCUT2D eigenvalue weighted by Crippen LogP contribution is -2.15. The molecule has 2 atom stereocenters. The number of carbonyl (C=O) groups excluding carboxylic acids is 2. The Hall–Kier alpha value is -1.23. The van der Waals surface area contributed by atoms with E-state index in [2.05, 4.69) is 10.3 Å². The Kier molecular flexibility index (Phi) is 2.93. The standard InChI is InChI=1S/C13H16N2O2S/c1-7(16)10-6-14-13(18-10)15-12(17)11-8-4-2-3-5-9(8)11/h6,8-9,11H,2-5H2,1H3,(H,14,15,17). The molecule has 1 aromatic heterocycles. The zero-order valence-electron chi connectivity index (χ0n) is 10.3. The van der Waals surface area contributed by atoms with E-state index in [0.29, 0.717) is 21.8 Å². The van der Waals surface area contributed by atoms with E-state index < -0.39 is 0 Å². The summed E-state index contributed by atoms with van der Waals surface area (Å²) in [6, 6.07) is 0. The fourth-order valence-corrected chi connectivity index (χ4v) is 3.78. The third kappa shape index (κ3) is 2.07. The number of hydrogen-bond acceptors (Lipinski definition) is 4. The topological polar surface area (TPSA) is 59.1 Å². The molecule has 1 N–H and O–H groups in total. The molecule has 1 heterocycles. The van der Waals surface area contributed by atoms with Gasteiger partial charge in [-0.2, -0.15) is 0 Å². The van der Waals surface area contributed by atoms with Crippen LogP contribution in [0.2, 0.25) is 0 Å². The zero-order valence-corrected chi connectivity index (χ0v) is 11.1. The van der Waals surface area contributed by atoms with Gasteiger partial charge in [-0.15, -0.1) is 0 Å². The van der Waals surface area contributed by atoms with Gasteiger partial charge in [0.1, 0.15) is 0 Å². The van der Waals surface area contributed by atoms with Crippen molar-refractivity contribution in [3.63, 3.8) is 0 Å². The van der Waals surface area contributed by atoms with Gasteiger partial charge < -0.3 is 5.32 Å². The van der Waals surface area contributed by atoms with Crippen LogP contribution in [0.4, 0.5) is 5.13 Å². The van der Waals surface area contributed by atoms with Gasteiger partial charge in [0, 0.05) is 12.8 Å². The van der Waals surface area contributed by atoms with Crippen LogP contribution in [0.15, 0.2) is 6.20 Å². The zero-order chi connectivity index (χ0) is 12.7. The van der Waals surface area contributed by atoms with Gasteiger partial charge in [0.05, 0.1) is 11.1 Å². The molecule has 2 fully saturated rings. The lowest BCUT2D eigenvalue weighted by Gasteiger charge is -2.04. The van der Waals surface area contributed by atoms with Crippen LogP contribution in [0.3, 0.4) is 0 Å². The quantitative estimate of drug-likeness (QED) is 0.854. The molecule has 2 saturated carbocycles. The second kappa shape index (κ2) is 4.46. The molecule has 0 saturated heterocycles. The first-order valence-electron chi connectivity index (χ1n) is 6.44. The maximum absolute atomic E-state index is 12.1. The Labute approximate surface area is 110 Å². The number of Topliss-reactive ketones (excluding diaryl/α,β-unsaturated/α-hetero) is 1. The summed E-state index contributed by atoms with van der Waals surface area (Å²) in [4.78, 5) is 27.9. The van der Waals surface area contributed by atoms with E-state index in [0.717, 1.165) is 0 Å². The summed E-state index contributed by atoms with van der Waals surface area (Å²) in [6.07, 6.45) is 6.44. The van der Waals surface area contributed by atoms with Crippen molar-refractivity contribution in [2.45, 2.75) is 32.6 Å². The first-order chi connectivity index (χ1) is 8.66. The van der Waals surface area contributed by atoms with Crippen molar-refractivity contribution in [1.82, 2.24) is 4.98 Å². The first-order valence-corrected chi connectivity index (χ1v) is 7.26. The minimum absolute atomic E-state index is 0.00640. The highest BCUT2D eigenvalue weighted by Gasteiger charge is 2.54. The van der Waals surface area contributed by atoms with Crippen molar-refractivity contribution in [3.05, 3.63) is 11.1 Å². The van der Waals surface area contributed by atoms with Gasteiger partial charge in [0.2, 0.25) is 5.91 Å². The van der Waals surface area contributed by atoms with E-state index in [9.17, 15) is 9.59 Å². The lowest BCUT2D eigenvalue weighted by atomic mass is 10.0. The Morgan fingerprint density at radius 1 is 1.33 bits per heavy atom. The predicted molar refractivity (Wildman–Crippen MR) is 69.7 cm³/mol. The molecule has 0 aromatic carbocycles. The summed E-state index contributed by atoms with van der Waals surface area (Å²) < 4.78 is 0. The van der Waals surface area contributed by atoms with E-state index in [1.165, 1.54) is 50.1 Å². The predicted octanol–water partition coefficient (Wildman–Crippen LogP) is 2.72. The molecule has 3 rings (SSSR count). The molecule has 1 amide bonds. The number of nitrogens with zero attached hydrogens (tertiary/aromatic N) is 1. The number of fused-ring (bicyclic) bond motifs is 1. The molecule has 2 aliphatic carbocycles. The third-order valence-corrected chi connectivity index (χ3v) is 5.06. The summed E-state index contributed by atoms with van der Waals surface area (Å²) in [6.45, 7) is 1.51. The van der Waals surface area contributed by atoms with E-state index >= 15 is 0 Å². The Morgan fingerprint density at radius 3 is 2.56 bits per heavy atom. The molecule has 2 aliphatic rings. The molecular weight excluding hydrogens is 248 g/mol. The van der Waals surface area contributed by atoms with Crippen LogP contribution in [0, 0.1) is 17.8 Å². The molecule has 0 spiro atoms. The molecule has 1 aromatic rings. The van der Waals surface area contributed by atoms with Gasteiger partial charge >= 0.3 is 0 Å². The molecule has 4 nitrogen and oxygen atoms in total. The second-order valence-electron chi connectivity index (χ2n) is 5.21. The van der Waals surface area contributed by atoms with E-state index in [1.54, 1.807) is 0 Å². The highest BCUT2D eigenvalue weighted by atomic mass is 32.1. The van der Waals surface area contributed by atoms with Gasteiger partial charge in [-0.25, -0.2) is 4.98 Å². The Morgan fingerprint density at radius 2 is 2.00 bits per heavy atom. The van der Waals surface area contributed by atoms with Crippen LogP contribution in [0.1, 0.15) is 42.3 Å². The molecule has 2 unspecified atom stereocenters. The molecule has 96 valence electrons. The number of carbonyl (C=O) groups is 2. The summed E-state index contributed by atoms with van der Waals surface area (Å²) >= 11 is 1.26. The molecule has 5 heteroatoms. The smallest absolute Gasteiger partial charge is 0.229 e. The Balaban J connectivity index is 1.62. The lowest BCUT2D eigenvalue weighted by molar-refractivity contribution is -0.117. The maximum atomic E-state index is 12.1. The van der Waals surface area contributed by atoms with E-state index in [4.69, 9.17) is 0 Å². The van der Waals surface area contributed by atoms with Crippen LogP contribution in [-0.4, -0.2) is 16.7 Å². The van der Waals surface area contributed by atoms with E-state index in [-0.39, 0.29) is 17.6 Å². The average Bonchev–Trinajstić information content (AvgIpc) is 2.90. The highest BCUT2D eigenvalue weighted by Crippen LogP contribution is 2.55. The summed E-state index contributed by atoms with van der Waals surface area (Å²) in [5, 5.41) is 3.40. The van der Waals surface area contributed by atoms with Crippen molar-refractivity contribution in [3.8, 4) is 0 Å². The minimum atomic E-state index is -0.00640. The number of nitrogens with one attached hydrogen (secondary N) is 1. The summed E-state index contributed by atoms with van der Waals surface area (Å²) in [7, 11) is 0. The maximum Gasteiger partial charge on any atom is 0.229 e. The number of hydrogen-bond donors (Lipinski definition) is 1.